The molecule has 1 atom stereocenters. The summed E-state index contributed by atoms with van der Waals surface area (Å²) in [7, 11) is 1.97. The van der Waals surface area contributed by atoms with E-state index in [1.54, 1.807) is 0 Å². The summed E-state index contributed by atoms with van der Waals surface area (Å²) in [4.78, 5) is 14.7. The Kier molecular flexibility index (Phi) is 6.19. The van der Waals surface area contributed by atoms with Crippen molar-refractivity contribution in [2.24, 2.45) is 0 Å². The van der Waals surface area contributed by atoms with E-state index in [4.69, 9.17) is 0 Å². The summed E-state index contributed by atoms with van der Waals surface area (Å²) in [5, 5.41) is 3.09. The van der Waals surface area contributed by atoms with Crippen LogP contribution in [0.5, 0.6) is 0 Å². The third kappa shape index (κ3) is 4.68. The maximum atomic E-state index is 12.6. The summed E-state index contributed by atoms with van der Waals surface area (Å²) < 4.78 is 1.06. The average Bonchev–Trinajstić information content (AvgIpc) is 2.52. The van der Waals surface area contributed by atoms with Crippen LogP contribution in [0.25, 0.3) is 0 Å². The van der Waals surface area contributed by atoms with Gasteiger partial charge in [0.25, 0.3) is 0 Å². The molecule has 0 aliphatic heterocycles. The van der Waals surface area contributed by atoms with Gasteiger partial charge in [-0.3, -0.25) is 9.69 Å². The molecule has 0 unspecified atom stereocenters. The Hall–Kier alpha value is -1.65. The molecule has 1 amide bonds. The van der Waals surface area contributed by atoms with Crippen molar-refractivity contribution in [2.45, 2.75) is 40.3 Å². The number of anilines is 1. The van der Waals surface area contributed by atoms with E-state index in [1.165, 1.54) is 11.1 Å². The second-order valence-corrected chi connectivity index (χ2v) is 7.40. The lowest BCUT2D eigenvalue weighted by molar-refractivity contribution is -0.120. The van der Waals surface area contributed by atoms with Crippen LogP contribution in [0.1, 0.15) is 29.2 Å². The molecule has 0 aromatic heterocycles. The summed E-state index contributed by atoms with van der Waals surface area (Å²) in [5.74, 6) is 0.0182. The van der Waals surface area contributed by atoms with Gasteiger partial charge < -0.3 is 5.32 Å². The van der Waals surface area contributed by atoms with Gasteiger partial charge in [-0.1, -0.05) is 45.8 Å². The van der Waals surface area contributed by atoms with Gasteiger partial charge in [-0.05, 0) is 63.6 Å². The second kappa shape index (κ2) is 7.95. The number of aryl methyl sites for hydroxylation is 3. The molecular weight excluding hydrogens is 364 g/mol. The van der Waals surface area contributed by atoms with E-state index < -0.39 is 0 Å². The SMILES string of the molecule is Cc1cc(C)c(NC(=O)[C@H](C)N(C)Cc2ccc(Br)cc2)c(C)c1. The van der Waals surface area contributed by atoms with Crippen molar-refractivity contribution < 1.29 is 4.79 Å². The van der Waals surface area contributed by atoms with Crippen LogP contribution in [-0.2, 0) is 11.3 Å². The van der Waals surface area contributed by atoms with Gasteiger partial charge in [0.05, 0.1) is 6.04 Å². The zero-order valence-corrected chi connectivity index (χ0v) is 16.6. The van der Waals surface area contributed by atoms with Crippen LogP contribution >= 0.6 is 15.9 Å². The van der Waals surface area contributed by atoms with Crippen molar-refractivity contribution in [2.75, 3.05) is 12.4 Å². The van der Waals surface area contributed by atoms with Crippen LogP contribution < -0.4 is 5.32 Å². The molecule has 3 nitrogen and oxygen atoms in total. The number of amides is 1. The van der Waals surface area contributed by atoms with Gasteiger partial charge >= 0.3 is 0 Å². The molecule has 0 spiro atoms. The minimum atomic E-state index is -0.214. The van der Waals surface area contributed by atoms with E-state index in [0.29, 0.717) is 0 Å². The van der Waals surface area contributed by atoms with Crippen LogP contribution in [0.15, 0.2) is 40.9 Å². The minimum Gasteiger partial charge on any atom is -0.324 e. The van der Waals surface area contributed by atoms with Crippen molar-refractivity contribution in [3.8, 4) is 0 Å². The molecule has 24 heavy (non-hydrogen) atoms. The molecule has 2 aromatic carbocycles. The summed E-state index contributed by atoms with van der Waals surface area (Å²) in [6, 6.07) is 12.2. The molecule has 2 rings (SSSR count). The van der Waals surface area contributed by atoms with Gasteiger partial charge in [0.1, 0.15) is 0 Å². The van der Waals surface area contributed by atoms with Crippen molar-refractivity contribution >= 4 is 27.5 Å². The van der Waals surface area contributed by atoms with Gasteiger partial charge in [0, 0.05) is 16.7 Å². The van der Waals surface area contributed by atoms with Crippen LogP contribution in [0.3, 0.4) is 0 Å². The largest absolute Gasteiger partial charge is 0.324 e. The number of nitrogens with zero attached hydrogens (tertiary/aromatic N) is 1. The first-order chi connectivity index (χ1) is 11.3. The average molecular weight is 389 g/mol. The second-order valence-electron chi connectivity index (χ2n) is 6.48. The first kappa shape index (κ1) is 18.7. The molecule has 4 heteroatoms. The monoisotopic (exact) mass is 388 g/mol. The number of halogens is 1. The lowest BCUT2D eigenvalue weighted by Gasteiger charge is -2.25. The molecule has 2 aromatic rings. The van der Waals surface area contributed by atoms with Crippen molar-refractivity contribution in [3.05, 3.63) is 63.1 Å². The summed E-state index contributed by atoms with van der Waals surface area (Å²) in [5.41, 5.74) is 5.52. The Morgan fingerprint density at radius 2 is 1.67 bits per heavy atom. The van der Waals surface area contributed by atoms with Crippen LogP contribution in [0, 0.1) is 20.8 Å². The lowest BCUT2D eigenvalue weighted by atomic mass is 10.0. The number of likely N-dealkylation sites (N-methyl/N-ethyl adjacent to an activating group) is 1. The Balaban J connectivity index is 2.05. The van der Waals surface area contributed by atoms with Gasteiger partial charge in [0.2, 0.25) is 5.91 Å². The van der Waals surface area contributed by atoms with Gasteiger partial charge in [0.15, 0.2) is 0 Å². The zero-order valence-electron chi connectivity index (χ0n) is 15.0. The van der Waals surface area contributed by atoms with E-state index in [0.717, 1.165) is 27.8 Å². The number of rotatable bonds is 5. The molecule has 0 saturated carbocycles. The fourth-order valence-electron chi connectivity index (χ4n) is 2.82. The number of hydrogen-bond acceptors (Lipinski definition) is 2. The van der Waals surface area contributed by atoms with E-state index in [2.05, 4.69) is 57.3 Å². The van der Waals surface area contributed by atoms with Gasteiger partial charge in [-0.15, -0.1) is 0 Å². The van der Waals surface area contributed by atoms with E-state index in [-0.39, 0.29) is 11.9 Å². The third-order valence-corrected chi connectivity index (χ3v) is 4.84. The molecular formula is C20H25BrN2O. The summed E-state index contributed by atoms with van der Waals surface area (Å²) in [6.07, 6.45) is 0. The van der Waals surface area contributed by atoms with E-state index in [9.17, 15) is 4.79 Å². The molecule has 0 fully saturated rings. The lowest BCUT2D eigenvalue weighted by Crippen LogP contribution is -2.39. The highest BCUT2D eigenvalue weighted by Crippen LogP contribution is 2.22. The third-order valence-electron chi connectivity index (χ3n) is 4.31. The van der Waals surface area contributed by atoms with E-state index in [1.807, 2.05) is 40.0 Å². The molecule has 0 aliphatic carbocycles. The fraction of sp³-hybridized carbons (Fsp3) is 0.350. The number of benzene rings is 2. The van der Waals surface area contributed by atoms with Crippen LogP contribution in [0.4, 0.5) is 5.69 Å². The quantitative estimate of drug-likeness (QED) is 0.794. The number of nitrogens with one attached hydrogen (secondary N) is 1. The predicted octanol–water partition coefficient (Wildman–Crippen LogP) is 4.83. The van der Waals surface area contributed by atoms with Crippen molar-refractivity contribution in [1.29, 1.82) is 0 Å². The molecule has 0 aliphatic rings. The molecule has 0 radical (unpaired) electrons. The predicted molar refractivity (Wildman–Crippen MR) is 104 cm³/mol. The van der Waals surface area contributed by atoms with Crippen LogP contribution in [-0.4, -0.2) is 23.9 Å². The van der Waals surface area contributed by atoms with Gasteiger partial charge in [-0.2, -0.15) is 0 Å². The maximum absolute atomic E-state index is 12.6. The van der Waals surface area contributed by atoms with Crippen molar-refractivity contribution in [3.63, 3.8) is 0 Å². The molecule has 0 saturated heterocycles. The Morgan fingerprint density at radius 1 is 1.12 bits per heavy atom. The first-order valence-corrected chi connectivity index (χ1v) is 8.90. The fourth-order valence-corrected chi connectivity index (χ4v) is 3.08. The molecule has 128 valence electrons. The smallest absolute Gasteiger partial charge is 0.241 e. The molecule has 0 heterocycles. The standard InChI is InChI=1S/C20H25BrN2O/c1-13-10-14(2)19(15(3)11-13)22-20(24)16(4)23(5)12-17-6-8-18(21)9-7-17/h6-11,16H,12H2,1-5H3,(H,22,24)/t16-/m0/s1. The summed E-state index contributed by atoms with van der Waals surface area (Å²) in [6.45, 7) is 8.80. The zero-order chi connectivity index (χ0) is 17.9. The Morgan fingerprint density at radius 3 is 2.21 bits per heavy atom. The highest BCUT2D eigenvalue weighted by molar-refractivity contribution is 9.10. The molecule has 0 bridgehead atoms. The number of hydrogen-bond donors (Lipinski definition) is 1. The number of carbonyl (C=O) groups is 1. The Bertz CT molecular complexity index is 702. The van der Waals surface area contributed by atoms with Gasteiger partial charge in [-0.25, -0.2) is 0 Å². The normalized spacial score (nSPS) is 12.3. The van der Waals surface area contributed by atoms with E-state index >= 15 is 0 Å². The topological polar surface area (TPSA) is 32.3 Å². The summed E-state index contributed by atoms with van der Waals surface area (Å²) >= 11 is 3.44. The highest BCUT2D eigenvalue weighted by Gasteiger charge is 2.19. The highest BCUT2D eigenvalue weighted by atomic mass is 79.9. The number of carbonyl (C=O) groups excluding carboxylic acids is 1. The van der Waals surface area contributed by atoms with Crippen LogP contribution in [0.2, 0.25) is 0 Å². The van der Waals surface area contributed by atoms with Crippen molar-refractivity contribution in [1.82, 2.24) is 4.90 Å². The maximum Gasteiger partial charge on any atom is 0.241 e. The minimum absolute atomic E-state index is 0.0182. The first-order valence-electron chi connectivity index (χ1n) is 8.11. The Labute approximate surface area is 153 Å². The molecule has 1 N–H and O–H groups in total.